The first-order chi connectivity index (χ1) is 13.7. The fourth-order valence-electron chi connectivity index (χ4n) is 3.41. The molecule has 0 aliphatic carbocycles. The first kappa shape index (κ1) is 18.1. The molecule has 1 aliphatic heterocycles. The standard InChI is InChI=1S/C24H21FN2O/c1-28-22-8-2-5-17(14-22)18-9-10-19(23(25)15-18)13-20-6-4-12-27-24(20)21-7-3-11-26-16-21/h2-3,5,7-11,13-16H,4,6,12H2,1H3. The molecule has 3 aromatic rings. The average molecular weight is 372 g/mol. The van der Waals surface area contributed by atoms with Crippen molar-refractivity contribution in [3.63, 3.8) is 0 Å². The lowest BCUT2D eigenvalue weighted by atomic mass is 9.94. The van der Waals surface area contributed by atoms with E-state index in [-0.39, 0.29) is 5.82 Å². The Labute approximate surface area is 164 Å². The molecule has 2 aromatic carbocycles. The van der Waals surface area contributed by atoms with Crippen LogP contribution in [0.5, 0.6) is 5.75 Å². The summed E-state index contributed by atoms with van der Waals surface area (Å²) in [7, 11) is 1.63. The summed E-state index contributed by atoms with van der Waals surface area (Å²) in [6.45, 7) is 0.791. The third-order valence-corrected chi connectivity index (χ3v) is 4.85. The number of pyridine rings is 1. The van der Waals surface area contributed by atoms with Crippen molar-refractivity contribution in [3.8, 4) is 16.9 Å². The topological polar surface area (TPSA) is 34.5 Å². The van der Waals surface area contributed by atoms with E-state index in [2.05, 4.69) is 9.98 Å². The van der Waals surface area contributed by atoms with E-state index in [9.17, 15) is 4.39 Å². The zero-order valence-electron chi connectivity index (χ0n) is 15.7. The van der Waals surface area contributed by atoms with Crippen LogP contribution in [-0.4, -0.2) is 24.4 Å². The summed E-state index contributed by atoms with van der Waals surface area (Å²) in [6.07, 6.45) is 7.31. The van der Waals surface area contributed by atoms with E-state index in [0.717, 1.165) is 53.1 Å². The summed E-state index contributed by atoms with van der Waals surface area (Å²) in [5, 5.41) is 0. The Bertz CT molecular complexity index is 1040. The zero-order valence-corrected chi connectivity index (χ0v) is 15.7. The number of nitrogens with zero attached hydrogens (tertiary/aromatic N) is 2. The number of aliphatic imine (C=N–C) groups is 1. The molecule has 0 spiro atoms. The van der Waals surface area contributed by atoms with Crippen LogP contribution in [0.25, 0.3) is 17.2 Å². The van der Waals surface area contributed by atoms with Gasteiger partial charge in [0.1, 0.15) is 11.6 Å². The van der Waals surface area contributed by atoms with E-state index in [1.807, 2.05) is 54.6 Å². The second-order valence-electron chi connectivity index (χ2n) is 6.71. The summed E-state index contributed by atoms with van der Waals surface area (Å²) in [5.74, 6) is 0.507. The van der Waals surface area contributed by atoms with E-state index in [0.29, 0.717) is 5.56 Å². The minimum absolute atomic E-state index is 0.246. The van der Waals surface area contributed by atoms with Gasteiger partial charge in [0.25, 0.3) is 0 Å². The molecule has 0 saturated heterocycles. The van der Waals surface area contributed by atoms with E-state index in [1.165, 1.54) is 0 Å². The summed E-state index contributed by atoms with van der Waals surface area (Å²) < 4.78 is 20.1. The molecule has 4 heteroatoms. The summed E-state index contributed by atoms with van der Waals surface area (Å²) >= 11 is 0. The van der Waals surface area contributed by atoms with Gasteiger partial charge in [0.05, 0.1) is 12.8 Å². The molecule has 0 atom stereocenters. The van der Waals surface area contributed by atoms with Crippen molar-refractivity contribution in [2.45, 2.75) is 12.8 Å². The van der Waals surface area contributed by atoms with Gasteiger partial charge >= 0.3 is 0 Å². The highest BCUT2D eigenvalue weighted by Gasteiger charge is 2.15. The maximum absolute atomic E-state index is 14.9. The van der Waals surface area contributed by atoms with Crippen molar-refractivity contribution < 1.29 is 9.13 Å². The number of ether oxygens (including phenoxy) is 1. The first-order valence-corrected chi connectivity index (χ1v) is 9.34. The summed E-state index contributed by atoms with van der Waals surface area (Å²) in [6, 6.07) is 16.9. The second kappa shape index (κ2) is 8.17. The second-order valence-corrected chi connectivity index (χ2v) is 6.71. The normalized spacial score (nSPS) is 15.4. The van der Waals surface area contributed by atoms with Crippen LogP contribution in [0.15, 0.2) is 77.6 Å². The Balaban J connectivity index is 1.67. The highest BCUT2D eigenvalue weighted by Crippen LogP contribution is 2.28. The Hall–Kier alpha value is -3.27. The van der Waals surface area contributed by atoms with Crippen LogP contribution in [-0.2, 0) is 0 Å². The van der Waals surface area contributed by atoms with Crippen molar-refractivity contribution in [2.75, 3.05) is 13.7 Å². The van der Waals surface area contributed by atoms with Crippen molar-refractivity contribution in [1.29, 1.82) is 0 Å². The molecule has 4 rings (SSSR count). The minimum atomic E-state index is -0.246. The molecule has 1 aliphatic rings. The lowest BCUT2D eigenvalue weighted by molar-refractivity contribution is 0.415. The molecule has 0 saturated carbocycles. The molecule has 2 heterocycles. The van der Waals surface area contributed by atoms with E-state index in [1.54, 1.807) is 25.6 Å². The number of hydrogen-bond acceptors (Lipinski definition) is 3. The van der Waals surface area contributed by atoms with E-state index in [4.69, 9.17) is 4.74 Å². The SMILES string of the molecule is COc1cccc(-c2ccc(C=C3CCCN=C3c3cccnc3)c(F)c2)c1. The molecule has 140 valence electrons. The quantitative estimate of drug-likeness (QED) is 0.601. The highest BCUT2D eigenvalue weighted by molar-refractivity contribution is 6.15. The largest absolute Gasteiger partial charge is 0.497 e. The van der Waals surface area contributed by atoms with E-state index >= 15 is 0 Å². The zero-order chi connectivity index (χ0) is 19.3. The molecule has 3 nitrogen and oxygen atoms in total. The third kappa shape index (κ3) is 3.86. The number of rotatable bonds is 4. The number of benzene rings is 2. The van der Waals surface area contributed by atoms with Crippen molar-refractivity contribution in [3.05, 3.63) is 89.5 Å². The van der Waals surface area contributed by atoms with Gasteiger partial charge in [0.15, 0.2) is 0 Å². The van der Waals surface area contributed by atoms with Crippen LogP contribution in [0.3, 0.4) is 0 Å². The third-order valence-electron chi connectivity index (χ3n) is 4.85. The van der Waals surface area contributed by atoms with Crippen LogP contribution in [0.4, 0.5) is 4.39 Å². The number of methoxy groups -OCH3 is 1. The van der Waals surface area contributed by atoms with Gasteiger partial charge in [-0.15, -0.1) is 0 Å². The predicted octanol–water partition coefficient (Wildman–Crippen LogP) is 5.56. The minimum Gasteiger partial charge on any atom is -0.497 e. The predicted molar refractivity (Wildman–Crippen MR) is 111 cm³/mol. The van der Waals surface area contributed by atoms with Gasteiger partial charge in [0, 0.05) is 30.1 Å². The average Bonchev–Trinajstić information content (AvgIpc) is 2.76. The smallest absolute Gasteiger partial charge is 0.131 e. The maximum atomic E-state index is 14.9. The summed E-state index contributed by atoms with van der Waals surface area (Å²) in [4.78, 5) is 8.85. The van der Waals surface area contributed by atoms with Gasteiger partial charge in [0.2, 0.25) is 0 Å². The molecule has 28 heavy (non-hydrogen) atoms. The van der Waals surface area contributed by atoms with E-state index < -0.39 is 0 Å². The lowest BCUT2D eigenvalue weighted by Crippen LogP contribution is -2.12. The van der Waals surface area contributed by atoms with Crippen LogP contribution in [0.2, 0.25) is 0 Å². The molecule has 0 fully saturated rings. The van der Waals surface area contributed by atoms with Crippen molar-refractivity contribution >= 4 is 11.8 Å². The van der Waals surface area contributed by atoms with Crippen LogP contribution in [0.1, 0.15) is 24.0 Å². The fourth-order valence-corrected chi connectivity index (χ4v) is 3.41. The van der Waals surface area contributed by atoms with Gasteiger partial charge in [-0.3, -0.25) is 9.98 Å². The first-order valence-electron chi connectivity index (χ1n) is 9.34. The molecular formula is C24H21FN2O. The number of aromatic nitrogens is 1. The Morgan fingerprint density at radius 1 is 1.00 bits per heavy atom. The lowest BCUT2D eigenvalue weighted by Gasteiger charge is -2.16. The Morgan fingerprint density at radius 2 is 1.86 bits per heavy atom. The highest BCUT2D eigenvalue weighted by atomic mass is 19.1. The van der Waals surface area contributed by atoms with Gasteiger partial charge in [-0.2, -0.15) is 0 Å². The molecular weight excluding hydrogens is 351 g/mol. The van der Waals surface area contributed by atoms with Crippen molar-refractivity contribution in [1.82, 2.24) is 4.98 Å². The molecule has 0 radical (unpaired) electrons. The molecule has 0 unspecified atom stereocenters. The maximum Gasteiger partial charge on any atom is 0.131 e. The number of hydrogen-bond donors (Lipinski definition) is 0. The molecule has 0 amide bonds. The van der Waals surface area contributed by atoms with Gasteiger partial charge in [-0.05, 0) is 65.9 Å². The number of halogens is 1. The molecule has 0 N–H and O–H groups in total. The van der Waals surface area contributed by atoms with Gasteiger partial charge in [-0.1, -0.05) is 24.3 Å². The molecule has 0 bridgehead atoms. The van der Waals surface area contributed by atoms with Crippen LogP contribution in [0, 0.1) is 5.82 Å². The van der Waals surface area contributed by atoms with Crippen LogP contribution >= 0.6 is 0 Å². The fraction of sp³-hybridized carbons (Fsp3) is 0.167. The van der Waals surface area contributed by atoms with Gasteiger partial charge in [-0.25, -0.2) is 4.39 Å². The monoisotopic (exact) mass is 372 g/mol. The summed E-state index contributed by atoms with van der Waals surface area (Å²) in [5.41, 5.74) is 5.25. The van der Waals surface area contributed by atoms with Gasteiger partial charge < -0.3 is 4.74 Å². The Kier molecular flexibility index (Phi) is 5.29. The molecule has 1 aromatic heterocycles. The van der Waals surface area contributed by atoms with Crippen LogP contribution < -0.4 is 4.74 Å². The Morgan fingerprint density at radius 3 is 2.64 bits per heavy atom. The van der Waals surface area contributed by atoms with Crippen molar-refractivity contribution in [2.24, 2.45) is 4.99 Å². The number of allylic oxidation sites excluding steroid dienone is 1.